The van der Waals surface area contributed by atoms with E-state index in [9.17, 15) is 18.0 Å². The summed E-state index contributed by atoms with van der Waals surface area (Å²) in [6, 6.07) is 5.03. The van der Waals surface area contributed by atoms with E-state index < -0.39 is 12.7 Å². The highest BCUT2D eigenvalue weighted by molar-refractivity contribution is 6.09. The Morgan fingerprint density at radius 1 is 1.16 bits per heavy atom. The highest BCUT2D eigenvalue weighted by Crippen LogP contribution is 2.32. The summed E-state index contributed by atoms with van der Waals surface area (Å²) in [6.07, 6.45) is -0.401. The van der Waals surface area contributed by atoms with Crippen LogP contribution in [0.1, 0.15) is 16.1 Å². The average molecular weight is 451 g/mol. The van der Waals surface area contributed by atoms with Crippen molar-refractivity contribution in [3.05, 3.63) is 48.0 Å². The second-order valence-corrected chi connectivity index (χ2v) is 6.53. The van der Waals surface area contributed by atoms with Gasteiger partial charge in [0.25, 0.3) is 11.8 Å². The van der Waals surface area contributed by atoms with Gasteiger partial charge >= 0.3 is 6.18 Å². The number of carbonyl (C=O) groups excluding carboxylic acids is 1. The Bertz CT molecular complexity index is 1120. The van der Waals surface area contributed by atoms with E-state index in [4.69, 9.17) is 14.6 Å². The van der Waals surface area contributed by atoms with Crippen LogP contribution in [0.25, 0.3) is 11.3 Å². The lowest BCUT2D eigenvalue weighted by atomic mass is 10.1. The SMILES string of the molecule is CO.COc1cc(-c2ccc3c(n2)CN(c2cnn(CC(F)(F)F)c2)C3=O)cnc1OC. The third-order valence-electron chi connectivity index (χ3n) is 4.56. The standard InChI is InChI=1S/C19H16F3N5O3.CH4O/c1-29-16-5-11(6-23-17(16)30-2)14-4-3-13-15(25-14)9-27(18(13)28)12-7-24-26(8-12)10-19(20,21)22;1-2/h3-8H,9-10H2,1-2H3;2H,1H3. The molecule has 1 aliphatic heterocycles. The van der Waals surface area contributed by atoms with Crippen molar-refractivity contribution < 1.29 is 32.5 Å². The van der Waals surface area contributed by atoms with Gasteiger partial charge in [0.2, 0.25) is 0 Å². The zero-order valence-electron chi connectivity index (χ0n) is 17.4. The van der Waals surface area contributed by atoms with E-state index in [1.54, 1.807) is 24.4 Å². The third kappa shape index (κ3) is 4.64. The number of amides is 1. The maximum Gasteiger partial charge on any atom is 0.408 e. The number of pyridine rings is 2. The number of hydrogen-bond donors (Lipinski definition) is 1. The highest BCUT2D eigenvalue weighted by Gasteiger charge is 2.32. The Kier molecular flexibility index (Phi) is 6.63. The number of alkyl halides is 3. The van der Waals surface area contributed by atoms with E-state index in [0.717, 1.165) is 11.8 Å². The monoisotopic (exact) mass is 451 g/mol. The lowest BCUT2D eigenvalue weighted by molar-refractivity contribution is -0.142. The van der Waals surface area contributed by atoms with Crippen LogP contribution in [0.3, 0.4) is 0 Å². The first kappa shape index (κ1) is 23.0. The van der Waals surface area contributed by atoms with E-state index in [-0.39, 0.29) is 18.1 Å². The molecular formula is C20H20F3N5O4. The van der Waals surface area contributed by atoms with Crippen molar-refractivity contribution in [2.75, 3.05) is 26.2 Å². The Morgan fingerprint density at radius 2 is 1.91 bits per heavy atom. The molecule has 0 saturated carbocycles. The molecule has 1 N–H and O–H groups in total. The minimum Gasteiger partial charge on any atom is -0.491 e. The molecule has 170 valence electrons. The molecule has 3 aromatic heterocycles. The summed E-state index contributed by atoms with van der Waals surface area (Å²) < 4.78 is 48.8. The number of aromatic nitrogens is 4. The van der Waals surface area contributed by atoms with Gasteiger partial charge in [0, 0.05) is 25.1 Å². The number of aliphatic hydroxyl groups is 1. The fourth-order valence-electron chi connectivity index (χ4n) is 3.19. The largest absolute Gasteiger partial charge is 0.491 e. The van der Waals surface area contributed by atoms with Crippen molar-refractivity contribution >= 4 is 11.6 Å². The number of hydrogen-bond acceptors (Lipinski definition) is 7. The molecule has 0 radical (unpaired) electrons. The van der Waals surface area contributed by atoms with Gasteiger partial charge in [-0.15, -0.1) is 0 Å². The van der Waals surface area contributed by atoms with E-state index in [1.165, 1.54) is 31.5 Å². The van der Waals surface area contributed by atoms with Gasteiger partial charge in [-0.2, -0.15) is 18.3 Å². The van der Waals surface area contributed by atoms with Crippen molar-refractivity contribution in [3.63, 3.8) is 0 Å². The molecule has 0 unspecified atom stereocenters. The van der Waals surface area contributed by atoms with Crippen LogP contribution in [0.2, 0.25) is 0 Å². The number of halogens is 3. The van der Waals surface area contributed by atoms with Crippen molar-refractivity contribution in [2.45, 2.75) is 19.3 Å². The molecule has 32 heavy (non-hydrogen) atoms. The van der Waals surface area contributed by atoms with Gasteiger partial charge in [-0.1, -0.05) is 0 Å². The molecule has 0 aromatic carbocycles. The van der Waals surface area contributed by atoms with Crippen LogP contribution in [-0.4, -0.2) is 58.3 Å². The topological polar surface area (TPSA) is 103 Å². The molecule has 0 fully saturated rings. The van der Waals surface area contributed by atoms with Crippen molar-refractivity contribution in [1.82, 2.24) is 19.7 Å². The van der Waals surface area contributed by atoms with Crippen molar-refractivity contribution in [2.24, 2.45) is 0 Å². The van der Waals surface area contributed by atoms with Crippen molar-refractivity contribution in [3.8, 4) is 22.9 Å². The second-order valence-electron chi connectivity index (χ2n) is 6.53. The molecule has 4 heterocycles. The molecule has 0 bridgehead atoms. The van der Waals surface area contributed by atoms with Gasteiger partial charge in [0.15, 0.2) is 5.75 Å². The molecule has 1 amide bonds. The van der Waals surface area contributed by atoms with Crippen LogP contribution in [0.5, 0.6) is 11.6 Å². The van der Waals surface area contributed by atoms with Gasteiger partial charge in [-0.05, 0) is 18.2 Å². The number of methoxy groups -OCH3 is 2. The molecular weight excluding hydrogens is 431 g/mol. The van der Waals surface area contributed by atoms with Gasteiger partial charge in [-0.25, -0.2) is 4.98 Å². The molecule has 3 aromatic rings. The molecule has 0 spiro atoms. The third-order valence-corrected chi connectivity index (χ3v) is 4.56. The van der Waals surface area contributed by atoms with Crippen LogP contribution < -0.4 is 14.4 Å². The molecule has 1 aliphatic rings. The summed E-state index contributed by atoms with van der Waals surface area (Å²) in [6.45, 7) is -1.10. The number of aliphatic hydroxyl groups excluding tert-OH is 1. The van der Waals surface area contributed by atoms with Gasteiger partial charge in [-0.3, -0.25) is 19.4 Å². The summed E-state index contributed by atoms with van der Waals surface area (Å²) in [5, 5.41) is 10.7. The van der Waals surface area contributed by atoms with Crippen LogP contribution in [0.15, 0.2) is 36.8 Å². The van der Waals surface area contributed by atoms with Crippen molar-refractivity contribution in [1.29, 1.82) is 0 Å². The Labute approximate surface area is 181 Å². The normalized spacial score (nSPS) is 12.8. The molecule has 0 saturated heterocycles. The lowest BCUT2D eigenvalue weighted by Gasteiger charge is -2.12. The van der Waals surface area contributed by atoms with Gasteiger partial charge in [0.05, 0.1) is 49.6 Å². The van der Waals surface area contributed by atoms with E-state index in [1.807, 2.05) is 0 Å². The zero-order chi connectivity index (χ0) is 23.5. The van der Waals surface area contributed by atoms with Crippen LogP contribution in [-0.2, 0) is 13.1 Å². The number of ether oxygens (including phenoxy) is 2. The molecule has 0 aliphatic carbocycles. The summed E-state index contributed by atoms with van der Waals surface area (Å²) >= 11 is 0. The predicted octanol–water partition coefficient (Wildman–Crippen LogP) is 2.69. The summed E-state index contributed by atoms with van der Waals surface area (Å²) in [5.74, 6) is 0.424. The zero-order valence-corrected chi connectivity index (χ0v) is 17.4. The summed E-state index contributed by atoms with van der Waals surface area (Å²) in [5.41, 5.74) is 2.41. The van der Waals surface area contributed by atoms with Gasteiger partial charge < -0.3 is 14.6 Å². The number of nitrogens with zero attached hydrogens (tertiary/aromatic N) is 5. The minimum atomic E-state index is -4.40. The van der Waals surface area contributed by atoms with E-state index in [0.29, 0.717) is 34.1 Å². The van der Waals surface area contributed by atoms with E-state index >= 15 is 0 Å². The first-order valence-corrected chi connectivity index (χ1v) is 9.23. The average Bonchev–Trinajstić information content (AvgIpc) is 3.37. The first-order valence-electron chi connectivity index (χ1n) is 9.23. The number of rotatable bonds is 5. The van der Waals surface area contributed by atoms with Crippen LogP contribution in [0, 0.1) is 0 Å². The molecule has 0 atom stereocenters. The minimum absolute atomic E-state index is 0.125. The molecule has 4 rings (SSSR count). The Hall–Kier alpha value is -3.67. The Morgan fingerprint density at radius 3 is 2.56 bits per heavy atom. The smallest absolute Gasteiger partial charge is 0.408 e. The quantitative estimate of drug-likeness (QED) is 0.636. The maximum atomic E-state index is 12.7. The van der Waals surface area contributed by atoms with Crippen LogP contribution in [0.4, 0.5) is 18.9 Å². The summed E-state index contributed by atoms with van der Waals surface area (Å²) in [4.78, 5) is 22.8. The molecule has 9 nitrogen and oxygen atoms in total. The Balaban J connectivity index is 0.00000141. The van der Waals surface area contributed by atoms with Gasteiger partial charge in [0.1, 0.15) is 6.54 Å². The summed E-state index contributed by atoms with van der Waals surface area (Å²) in [7, 11) is 3.98. The van der Waals surface area contributed by atoms with Crippen LogP contribution >= 0.6 is 0 Å². The fraction of sp³-hybridized carbons (Fsp3) is 0.300. The lowest BCUT2D eigenvalue weighted by Crippen LogP contribution is -2.22. The molecule has 12 heteroatoms. The number of anilines is 1. The number of fused-ring (bicyclic) bond motifs is 1. The van der Waals surface area contributed by atoms with E-state index in [2.05, 4.69) is 15.1 Å². The number of carbonyl (C=O) groups is 1. The first-order chi connectivity index (χ1) is 15.3. The second kappa shape index (κ2) is 9.22. The highest BCUT2D eigenvalue weighted by atomic mass is 19.4. The predicted molar refractivity (Wildman–Crippen MR) is 108 cm³/mol. The maximum absolute atomic E-state index is 12.7. The fourth-order valence-corrected chi connectivity index (χ4v) is 3.19.